The van der Waals surface area contributed by atoms with Crippen molar-refractivity contribution in [3.05, 3.63) is 50.7 Å². The lowest BCUT2D eigenvalue weighted by Gasteiger charge is -2.17. The predicted octanol–water partition coefficient (Wildman–Crippen LogP) is 0.992. The maximum atomic E-state index is 12.4. The van der Waals surface area contributed by atoms with Crippen molar-refractivity contribution < 1.29 is 9.84 Å². The van der Waals surface area contributed by atoms with Crippen molar-refractivity contribution in [1.29, 1.82) is 0 Å². The van der Waals surface area contributed by atoms with E-state index < -0.39 is 17.4 Å². The number of rotatable bonds is 7. The Balaban J connectivity index is 1.91. The molecule has 3 rings (SSSR count). The smallest absolute Gasteiger partial charge is 0.329 e. The maximum Gasteiger partial charge on any atom is 0.329 e. The fraction of sp³-hybridized carbons (Fsp3) is 0.421. The van der Waals surface area contributed by atoms with Crippen molar-refractivity contribution in [2.24, 2.45) is 7.05 Å². The highest BCUT2D eigenvalue weighted by atomic mass is 16.5. The molecule has 28 heavy (non-hydrogen) atoms. The first-order valence-electron chi connectivity index (χ1n) is 9.10. The van der Waals surface area contributed by atoms with E-state index >= 15 is 0 Å². The van der Waals surface area contributed by atoms with Crippen LogP contribution in [0.5, 0.6) is 5.75 Å². The number of aryl methyl sites for hydroxylation is 2. The zero-order valence-electron chi connectivity index (χ0n) is 16.4. The number of aromatic amines is 1. The van der Waals surface area contributed by atoms with Gasteiger partial charge in [-0.3, -0.25) is 14.3 Å². The fourth-order valence-corrected chi connectivity index (χ4v) is 2.94. The van der Waals surface area contributed by atoms with Crippen LogP contribution in [-0.2, 0) is 13.6 Å². The molecular formula is C19H25N5O4. The number of fused-ring (bicyclic) bond motifs is 1. The number of aliphatic hydroxyl groups is 1. The third kappa shape index (κ3) is 4.09. The van der Waals surface area contributed by atoms with Crippen molar-refractivity contribution in [3.63, 3.8) is 0 Å². The molecule has 0 amide bonds. The van der Waals surface area contributed by atoms with E-state index in [1.807, 2.05) is 45.0 Å². The third-order valence-electron chi connectivity index (χ3n) is 4.25. The Morgan fingerprint density at radius 1 is 1.32 bits per heavy atom. The summed E-state index contributed by atoms with van der Waals surface area (Å²) in [7, 11) is 1.54. The molecule has 0 saturated carbocycles. The van der Waals surface area contributed by atoms with Crippen molar-refractivity contribution >= 4 is 17.1 Å². The van der Waals surface area contributed by atoms with Crippen molar-refractivity contribution in [2.45, 2.75) is 39.5 Å². The number of nitrogens with zero attached hydrogens (tertiary/aromatic N) is 3. The lowest BCUT2D eigenvalue weighted by Crippen LogP contribution is -2.31. The van der Waals surface area contributed by atoms with Crippen LogP contribution in [0.25, 0.3) is 11.2 Å². The molecule has 0 saturated heterocycles. The van der Waals surface area contributed by atoms with Gasteiger partial charge in [0.15, 0.2) is 11.2 Å². The maximum absolute atomic E-state index is 12.4. The first-order chi connectivity index (χ1) is 13.3. The number of benzene rings is 1. The Kier molecular flexibility index (Phi) is 5.55. The first-order valence-corrected chi connectivity index (χ1v) is 9.10. The Morgan fingerprint density at radius 2 is 2.07 bits per heavy atom. The summed E-state index contributed by atoms with van der Waals surface area (Å²) in [5.74, 6) is 1.07. The van der Waals surface area contributed by atoms with Crippen molar-refractivity contribution in [2.75, 3.05) is 11.9 Å². The van der Waals surface area contributed by atoms with E-state index in [2.05, 4.69) is 15.3 Å². The number of nitrogens with one attached hydrogen (secondary N) is 2. The average Bonchev–Trinajstić information content (AvgIpc) is 2.96. The molecular weight excluding hydrogens is 362 g/mol. The highest BCUT2D eigenvalue weighted by molar-refractivity contribution is 5.74. The standard InChI is InChI=1S/C19H25N5O4/c1-11(2)20-18-21-16-15(17(26)22-19(27)23(16)4)24(18)9-13(25)10-28-14-7-5-6-12(3)8-14/h5-8,11,13,25H,9-10H2,1-4H3,(H,20,21)(H,22,26,27)/t13-/m1/s1. The summed E-state index contributed by atoms with van der Waals surface area (Å²) in [5, 5.41) is 13.7. The number of imidazole rings is 1. The molecule has 1 atom stereocenters. The van der Waals surface area contributed by atoms with Crippen LogP contribution in [0.3, 0.4) is 0 Å². The van der Waals surface area contributed by atoms with E-state index in [0.29, 0.717) is 11.7 Å². The summed E-state index contributed by atoms with van der Waals surface area (Å²) >= 11 is 0. The summed E-state index contributed by atoms with van der Waals surface area (Å²) in [6.07, 6.45) is -0.887. The minimum atomic E-state index is -0.887. The van der Waals surface area contributed by atoms with Gasteiger partial charge in [-0.2, -0.15) is 4.98 Å². The van der Waals surface area contributed by atoms with Gasteiger partial charge in [0.2, 0.25) is 5.95 Å². The van der Waals surface area contributed by atoms with Gasteiger partial charge < -0.3 is 19.7 Å². The summed E-state index contributed by atoms with van der Waals surface area (Å²) in [6.45, 7) is 5.96. The monoisotopic (exact) mass is 387 g/mol. The summed E-state index contributed by atoms with van der Waals surface area (Å²) in [6, 6.07) is 7.59. The van der Waals surface area contributed by atoms with Crippen LogP contribution >= 0.6 is 0 Å². The highest BCUT2D eigenvalue weighted by Gasteiger charge is 2.20. The SMILES string of the molecule is Cc1cccc(OC[C@H](O)Cn2c(NC(C)C)nc3c2c(=O)[nH]c(=O)n3C)c1. The topological polar surface area (TPSA) is 114 Å². The zero-order chi connectivity index (χ0) is 20.4. The number of aromatic nitrogens is 4. The molecule has 9 heteroatoms. The normalized spacial score (nSPS) is 12.5. The molecule has 3 aromatic rings. The molecule has 2 heterocycles. The van der Waals surface area contributed by atoms with Crippen LogP contribution in [0.2, 0.25) is 0 Å². The molecule has 0 radical (unpaired) electrons. The molecule has 0 aliphatic carbocycles. The van der Waals surface area contributed by atoms with Crippen molar-refractivity contribution in [1.82, 2.24) is 19.1 Å². The molecule has 0 unspecified atom stereocenters. The lowest BCUT2D eigenvalue weighted by molar-refractivity contribution is 0.0938. The molecule has 3 N–H and O–H groups in total. The fourth-order valence-electron chi connectivity index (χ4n) is 2.94. The number of ether oxygens (including phenoxy) is 1. The van der Waals surface area contributed by atoms with Crippen LogP contribution in [0, 0.1) is 6.92 Å². The Bertz CT molecular complexity index is 1100. The minimum absolute atomic E-state index is 0.0485. The molecule has 0 bridgehead atoms. The molecule has 1 aromatic carbocycles. The molecule has 150 valence electrons. The number of hydrogen-bond donors (Lipinski definition) is 3. The van der Waals surface area contributed by atoms with Crippen molar-refractivity contribution in [3.8, 4) is 5.75 Å². The van der Waals surface area contributed by atoms with Crippen LogP contribution in [0.15, 0.2) is 33.9 Å². The second-order valence-corrected chi connectivity index (χ2v) is 7.12. The van der Waals surface area contributed by atoms with Gasteiger partial charge in [0.25, 0.3) is 5.56 Å². The largest absolute Gasteiger partial charge is 0.491 e. The van der Waals surface area contributed by atoms with Crippen LogP contribution in [-0.4, -0.2) is 43.0 Å². The Hall–Kier alpha value is -3.07. The van der Waals surface area contributed by atoms with Gasteiger partial charge in [0.1, 0.15) is 18.5 Å². The van der Waals surface area contributed by atoms with Crippen LogP contribution < -0.4 is 21.3 Å². The molecule has 9 nitrogen and oxygen atoms in total. The summed E-state index contributed by atoms with van der Waals surface area (Å²) in [5.41, 5.74) is 0.447. The van der Waals surface area contributed by atoms with Crippen LogP contribution in [0.1, 0.15) is 19.4 Å². The van der Waals surface area contributed by atoms with Gasteiger partial charge in [0.05, 0.1) is 6.54 Å². The van der Waals surface area contributed by atoms with Crippen LogP contribution in [0.4, 0.5) is 5.95 Å². The van der Waals surface area contributed by atoms with Gasteiger partial charge in [0, 0.05) is 13.1 Å². The van der Waals surface area contributed by atoms with E-state index in [9.17, 15) is 14.7 Å². The molecule has 0 spiro atoms. The summed E-state index contributed by atoms with van der Waals surface area (Å²) < 4.78 is 8.51. The van der Waals surface area contributed by atoms with E-state index in [0.717, 1.165) is 5.56 Å². The Labute approximate surface area is 161 Å². The second-order valence-electron chi connectivity index (χ2n) is 7.12. The van der Waals surface area contributed by atoms with Gasteiger partial charge in [-0.25, -0.2) is 4.79 Å². The minimum Gasteiger partial charge on any atom is -0.491 e. The number of hydrogen-bond acceptors (Lipinski definition) is 6. The summed E-state index contributed by atoms with van der Waals surface area (Å²) in [4.78, 5) is 30.9. The molecule has 2 aromatic heterocycles. The van der Waals surface area contributed by atoms with E-state index in [-0.39, 0.29) is 30.4 Å². The Morgan fingerprint density at radius 3 is 2.75 bits per heavy atom. The van der Waals surface area contributed by atoms with E-state index in [1.165, 1.54) is 11.6 Å². The average molecular weight is 387 g/mol. The van der Waals surface area contributed by atoms with Gasteiger partial charge >= 0.3 is 5.69 Å². The van der Waals surface area contributed by atoms with E-state index in [1.54, 1.807) is 4.57 Å². The lowest BCUT2D eigenvalue weighted by atomic mass is 10.2. The van der Waals surface area contributed by atoms with E-state index in [4.69, 9.17) is 4.74 Å². The molecule has 0 aliphatic heterocycles. The highest BCUT2D eigenvalue weighted by Crippen LogP contribution is 2.18. The van der Waals surface area contributed by atoms with Gasteiger partial charge in [-0.05, 0) is 38.5 Å². The number of anilines is 1. The quantitative estimate of drug-likeness (QED) is 0.557. The van der Waals surface area contributed by atoms with Gasteiger partial charge in [-0.1, -0.05) is 12.1 Å². The zero-order valence-corrected chi connectivity index (χ0v) is 16.4. The third-order valence-corrected chi connectivity index (χ3v) is 4.25. The van der Waals surface area contributed by atoms with Gasteiger partial charge in [-0.15, -0.1) is 0 Å². The second kappa shape index (κ2) is 7.89. The molecule has 0 aliphatic rings. The molecule has 0 fully saturated rings. The number of aliphatic hydroxyl groups excluding tert-OH is 1. The number of H-pyrrole nitrogens is 1. The first kappa shape index (κ1) is 19.7. The predicted molar refractivity (Wildman–Crippen MR) is 107 cm³/mol.